The molecule has 164 valence electrons. The van der Waals surface area contributed by atoms with Gasteiger partial charge in [-0.05, 0) is 61.7 Å². The van der Waals surface area contributed by atoms with Gasteiger partial charge in [0.1, 0.15) is 5.84 Å². The minimum Gasteiger partial charge on any atom is -0.344 e. The molecule has 3 N–H and O–H groups in total. The minimum atomic E-state index is 0.446. The molecule has 1 aliphatic rings. The first-order valence-electron chi connectivity index (χ1n) is 11.2. The second-order valence-corrected chi connectivity index (χ2v) is 7.94. The van der Waals surface area contributed by atoms with Crippen molar-refractivity contribution in [2.45, 2.75) is 32.1 Å². The van der Waals surface area contributed by atoms with Crippen molar-refractivity contribution < 1.29 is 5.21 Å². The van der Waals surface area contributed by atoms with Gasteiger partial charge in [-0.1, -0.05) is 61.5 Å². The quantitative estimate of drug-likeness (QED) is 0.217. The molecule has 1 fully saturated rings. The highest BCUT2D eigenvalue weighted by molar-refractivity contribution is 5.95. The lowest BCUT2D eigenvalue weighted by molar-refractivity contribution is 0.205. The van der Waals surface area contributed by atoms with Crippen LogP contribution in [-0.4, -0.2) is 42.1 Å². The first-order valence-corrected chi connectivity index (χ1v) is 11.2. The number of rotatable bonds is 10. The van der Waals surface area contributed by atoms with Crippen molar-refractivity contribution in [1.82, 2.24) is 10.4 Å². The summed E-state index contributed by atoms with van der Waals surface area (Å²) in [4.78, 5) is 7.46. The van der Waals surface area contributed by atoms with Gasteiger partial charge in [-0.15, -0.1) is 0 Å². The summed E-state index contributed by atoms with van der Waals surface area (Å²) in [7, 11) is 0. The smallest absolute Gasteiger partial charge is 0.101 e. The lowest BCUT2D eigenvalue weighted by atomic mass is 10.1. The number of likely N-dealkylation sites (tertiary alicyclic amines) is 1. The van der Waals surface area contributed by atoms with Gasteiger partial charge >= 0.3 is 0 Å². The van der Waals surface area contributed by atoms with Gasteiger partial charge in [-0.3, -0.25) is 15.7 Å². The number of amidine groups is 1. The van der Waals surface area contributed by atoms with Crippen LogP contribution >= 0.6 is 0 Å². The maximum Gasteiger partial charge on any atom is 0.101 e. The predicted molar refractivity (Wildman–Crippen MR) is 131 cm³/mol. The molecule has 0 aliphatic carbocycles. The average molecular weight is 419 g/mol. The van der Waals surface area contributed by atoms with E-state index in [9.17, 15) is 0 Å². The van der Waals surface area contributed by atoms with E-state index in [2.05, 4.69) is 59.3 Å². The van der Waals surface area contributed by atoms with Gasteiger partial charge in [0.25, 0.3) is 0 Å². The maximum atomic E-state index is 8.88. The summed E-state index contributed by atoms with van der Waals surface area (Å²) in [5.74, 6) is 1.02. The van der Waals surface area contributed by atoms with E-state index in [-0.39, 0.29) is 0 Å². The summed E-state index contributed by atoms with van der Waals surface area (Å²) >= 11 is 0. The molecule has 0 radical (unpaired) electrons. The third-order valence-electron chi connectivity index (χ3n) is 5.46. The lowest BCUT2D eigenvalue weighted by Crippen LogP contribution is -2.32. The SMILES string of the molecule is C=C(/C=C/c1cccc(NC(CCc2ccccc2)=NCCN2CCCCC2)c1)NO. The fourth-order valence-electron chi connectivity index (χ4n) is 3.72. The number of hydrogen-bond acceptors (Lipinski definition) is 4. The third-order valence-corrected chi connectivity index (χ3v) is 5.46. The maximum absolute atomic E-state index is 8.88. The van der Waals surface area contributed by atoms with Gasteiger partial charge in [0.2, 0.25) is 0 Å². The predicted octanol–water partition coefficient (Wildman–Crippen LogP) is 5.12. The molecule has 1 aliphatic heterocycles. The molecule has 3 rings (SSSR count). The van der Waals surface area contributed by atoms with Crippen LogP contribution in [0.15, 0.2) is 77.9 Å². The van der Waals surface area contributed by atoms with E-state index in [1.807, 2.05) is 23.7 Å². The lowest BCUT2D eigenvalue weighted by Gasteiger charge is -2.25. The molecule has 5 heteroatoms. The molecule has 0 atom stereocenters. The van der Waals surface area contributed by atoms with Crippen LogP contribution in [0.1, 0.15) is 36.8 Å². The molecule has 0 spiro atoms. The molecule has 0 amide bonds. The highest BCUT2D eigenvalue weighted by Gasteiger charge is 2.09. The fourth-order valence-corrected chi connectivity index (χ4v) is 3.72. The topological polar surface area (TPSA) is 59.9 Å². The van der Waals surface area contributed by atoms with Crippen LogP contribution in [0.5, 0.6) is 0 Å². The fraction of sp³-hybridized carbons (Fsp3) is 0.346. The number of nitrogens with zero attached hydrogens (tertiary/aromatic N) is 2. The number of hydroxylamine groups is 1. The minimum absolute atomic E-state index is 0.446. The standard InChI is InChI=1S/C26H34N4O/c1-22(29-31)13-14-24-11-8-12-25(21-24)28-26(16-15-23-9-4-2-5-10-23)27-17-20-30-18-6-3-7-19-30/h2,4-5,8-14,21,29,31H,1,3,6-7,15-20H2,(H,27,28)/b14-13+. The van der Waals surface area contributed by atoms with Crippen molar-refractivity contribution in [2.24, 2.45) is 4.99 Å². The van der Waals surface area contributed by atoms with Gasteiger partial charge in [0, 0.05) is 18.7 Å². The van der Waals surface area contributed by atoms with Gasteiger partial charge in [0.15, 0.2) is 0 Å². The van der Waals surface area contributed by atoms with E-state index in [4.69, 9.17) is 10.2 Å². The van der Waals surface area contributed by atoms with Gasteiger partial charge in [0.05, 0.1) is 12.2 Å². The zero-order valence-electron chi connectivity index (χ0n) is 18.3. The van der Waals surface area contributed by atoms with Gasteiger partial charge in [-0.25, -0.2) is 0 Å². The molecule has 31 heavy (non-hydrogen) atoms. The Morgan fingerprint density at radius 2 is 1.87 bits per heavy atom. The Morgan fingerprint density at radius 3 is 2.65 bits per heavy atom. The Hall–Kier alpha value is -2.89. The molecule has 1 heterocycles. The second-order valence-electron chi connectivity index (χ2n) is 7.94. The van der Waals surface area contributed by atoms with Crippen LogP contribution in [0.3, 0.4) is 0 Å². The van der Waals surface area contributed by atoms with Gasteiger partial charge in [-0.2, -0.15) is 0 Å². The Balaban J connectivity index is 1.65. The first-order chi connectivity index (χ1) is 15.2. The van der Waals surface area contributed by atoms with Crippen molar-refractivity contribution in [1.29, 1.82) is 0 Å². The largest absolute Gasteiger partial charge is 0.344 e. The van der Waals surface area contributed by atoms with Crippen LogP contribution in [-0.2, 0) is 6.42 Å². The van der Waals surface area contributed by atoms with Crippen molar-refractivity contribution in [2.75, 3.05) is 31.5 Å². The molecule has 5 nitrogen and oxygen atoms in total. The number of benzene rings is 2. The monoisotopic (exact) mass is 418 g/mol. The molecule has 0 aromatic heterocycles. The summed E-state index contributed by atoms with van der Waals surface area (Å²) in [6.45, 7) is 7.94. The Kier molecular flexibility index (Phi) is 9.35. The number of nitrogens with one attached hydrogen (secondary N) is 2. The molecule has 1 saturated heterocycles. The van der Waals surface area contributed by atoms with Crippen LogP contribution in [0.25, 0.3) is 6.08 Å². The number of piperidine rings is 1. The normalized spacial score (nSPS) is 15.2. The van der Waals surface area contributed by atoms with E-state index in [0.717, 1.165) is 43.0 Å². The Morgan fingerprint density at radius 1 is 1.06 bits per heavy atom. The van der Waals surface area contributed by atoms with Crippen molar-refractivity contribution in [3.05, 3.63) is 84.1 Å². The second kappa shape index (κ2) is 12.7. The number of anilines is 1. The zero-order valence-corrected chi connectivity index (χ0v) is 18.3. The highest BCUT2D eigenvalue weighted by atomic mass is 16.5. The number of aliphatic imine (C=N–C) groups is 1. The van der Waals surface area contributed by atoms with E-state index >= 15 is 0 Å². The first kappa shape index (κ1) is 22.8. The summed E-state index contributed by atoms with van der Waals surface area (Å²) in [6, 6.07) is 18.7. The summed E-state index contributed by atoms with van der Waals surface area (Å²) in [5, 5.41) is 12.4. The summed E-state index contributed by atoms with van der Waals surface area (Å²) in [6.07, 6.45) is 9.45. The summed E-state index contributed by atoms with van der Waals surface area (Å²) < 4.78 is 0. The van der Waals surface area contributed by atoms with E-state index in [1.54, 1.807) is 6.08 Å². The van der Waals surface area contributed by atoms with Crippen LogP contribution in [0, 0.1) is 0 Å². The number of aryl methyl sites for hydroxylation is 1. The van der Waals surface area contributed by atoms with Crippen molar-refractivity contribution >= 4 is 17.6 Å². The molecular weight excluding hydrogens is 384 g/mol. The van der Waals surface area contributed by atoms with E-state index < -0.39 is 0 Å². The third kappa shape index (κ3) is 8.40. The van der Waals surface area contributed by atoms with Crippen molar-refractivity contribution in [3.63, 3.8) is 0 Å². The highest BCUT2D eigenvalue weighted by Crippen LogP contribution is 2.14. The van der Waals surface area contributed by atoms with Gasteiger partial charge < -0.3 is 10.2 Å². The Bertz CT molecular complexity index is 870. The number of hydrogen-bond donors (Lipinski definition) is 3. The van der Waals surface area contributed by atoms with Crippen LogP contribution in [0.2, 0.25) is 0 Å². The molecule has 2 aromatic rings. The molecule has 0 saturated carbocycles. The molecule has 2 aromatic carbocycles. The van der Waals surface area contributed by atoms with E-state index in [0.29, 0.717) is 5.70 Å². The van der Waals surface area contributed by atoms with Crippen LogP contribution in [0.4, 0.5) is 5.69 Å². The van der Waals surface area contributed by atoms with E-state index in [1.165, 1.54) is 37.9 Å². The molecule has 0 unspecified atom stereocenters. The Labute approximate surface area is 186 Å². The zero-order chi connectivity index (χ0) is 21.7. The van der Waals surface area contributed by atoms with Crippen LogP contribution < -0.4 is 10.8 Å². The van der Waals surface area contributed by atoms with Crippen molar-refractivity contribution in [3.8, 4) is 0 Å². The summed E-state index contributed by atoms with van der Waals surface area (Å²) in [5.41, 5.74) is 5.84. The molecule has 0 bridgehead atoms. The molecular formula is C26H34N4O. The average Bonchev–Trinajstić information content (AvgIpc) is 2.82. The number of allylic oxidation sites excluding steroid dienone is 1.